The standard InChI is InChI=1S/C11H15BrN2O4S/c1-19(17,18)4-2-3-13-8-9-5-10(12)7-11(6-9)14(15)16/h5-7,13H,2-4,8H2,1H3. The molecular formula is C11H15BrN2O4S. The van der Waals surface area contributed by atoms with Gasteiger partial charge >= 0.3 is 0 Å². The number of hydrogen-bond acceptors (Lipinski definition) is 5. The van der Waals surface area contributed by atoms with Gasteiger partial charge < -0.3 is 5.32 Å². The van der Waals surface area contributed by atoms with E-state index in [9.17, 15) is 18.5 Å². The van der Waals surface area contributed by atoms with Crippen LogP contribution in [-0.4, -0.2) is 31.9 Å². The predicted molar refractivity (Wildman–Crippen MR) is 76.8 cm³/mol. The summed E-state index contributed by atoms with van der Waals surface area (Å²) in [7, 11) is -2.93. The molecule has 19 heavy (non-hydrogen) atoms. The molecule has 0 saturated carbocycles. The Hall–Kier alpha value is -0.990. The smallest absolute Gasteiger partial charge is 0.270 e. The molecule has 1 N–H and O–H groups in total. The second kappa shape index (κ2) is 6.97. The average molecular weight is 351 g/mol. The van der Waals surface area contributed by atoms with Gasteiger partial charge in [0.1, 0.15) is 9.84 Å². The average Bonchev–Trinajstić information content (AvgIpc) is 2.26. The first-order valence-corrected chi connectivity index (χ1v) is 8.45. The number of non-ortho nitro benzene ring substituents is 1. The van der Waals surface area contributed by atoms with Crippen LogP contribution in [0.5, 0.6) is 0 Å². The quantitative estimate of drug-likeness (QED) is 0.460. The Morgan fingerprint density at radius 1 is 1.37 bits per heavy atom. The molecule has 1 aromatic rings. The fourth-order valence-corrected chi connectivity index (χ4v) is 2.73. The Morgan fingerprint density at radius 3 is 2.63 bits per heavy atom. The minimum absolute atomic E-state index is 0.0299. The van der Waals surface area contributed by atoms with Crippen LogP contribution in [0, 0.1) is 10.1 Å². The van der Waals surface area contributed by atoms with Crippen LogP contribution < -0.4 is 5.32 Å². The van der Waals surface area contributed by atoms with E-state index in [2.05, 4.69) is 21.2 Å². The number of hydrogen-bond donors (Lipinski definition) is 1. The molecule has 8 heteroatoms. The number of nitrogens with one attached hydrogen (secondary N) is 1. The lowest BCUT2D eigenvalue weighted by Gasteiger charge is -2.05. The van der Waals surface area contributed by atoms with E-state index >= 15 is 0 Å². The lowest BCUT2D eigenvalue weighted by Crippen LogP contribution is -2.17. The summed E-state index contributed by atoms with van der Waals surface area (Å²) < 4.78 is 22.5. The Morgan fingerprint density at radius 2 is 2.05 bits per heavy atom. The Kier molecular flexibility index (Phi) is 5.89. The molecule has 0 aromatic heterocycles. The van der Waals surface area contributed by atoms with Crippen molar-refractivity contribution in [1.29, 1.82) is 0 Å². The van der Waals surface area contributed by atoms with Crippen LogP contribution >= 0.6 is 15.9 Å². The highest BCUT2D eigenvalue weighted by Crippen LogP contribution is 2.21. The van der Waals surface area contributed by atoms with Gasteiger partial charge in [-0.3, -0.25) is 10.1 Å². The zero-order valence-corrected chi connectivity index (χ0v) is 12.8. The zero-order valence-electron chi connectivity index (χ0n) is 10.4. The third-order valence-electron chi connectivity index (χ3n) is 2.35. The lowest BCUT2D eigenvalue weighted by molar-refractivity contribution is -0.385. The molecule has 0 fully saturated rings. The van der Waals surface area contributed by atoms with E-state index in [1.54, 1.807) is 6.07 Å². The maximum atomic E-state index is 10.9. The van der Waals surface area contributed by atoms with Gasteiger partial charge in [0.25, 0.3) is 5.69 Å². The molecule has 6 nitrogen and oxygen atoms in total. The molecule has 0 atom stereocenters. The second-order valence-corrected chi connectivity index (χ2v) is 7.41. The molecule has 0 heterocycles. The van der Waals surface area contributed by atoms with Crippen molar-refractivity contribution < 1.29 is 13.3 Å². The van der Waals surface area contributed by atoms with Crippen LogP contribution in [0.3, 0.4) is 0 Å². The molecule has 0 unspecified atom stereocenters. The van der Waals surface area contributed by atoms with Gasteiger partial charge in [-0.15, -0.1) is 0 Å². The molecular weight excluding hydrogens is 336 g/mol. The van der Waals surface area contributed by atoms with Crippen molar-refractivity contribution in [2.75, 3.05) is 18.6 Å². The van der Waals surface area contributed by atoms with Crippen LogP contribution in [0.2, 0.25) is 0 Å². The topological polar surface area (TPSA) is 89.3 Å². The van der Waals surface area contributed by atoms with E-state index in [0.29, 0.717) is 24.0 Å². The molecule has 1 rings (SSSR count). The highest BCUT2D eigenvalue weighted by atomic mass is 79.9. The summed E-state index contributed by atoms with van der Waals surface area (Å²) in [5, 5.41) is 13.7. The third kappa shape index (κ3) is 6.65. The number of nitro groups is 1. The van der Waals surface area contributed by atoms with Crippen molar-refractivity contribution in [2.24, 2.45) is 0 Å². The monoisotopic (exact) mass is 350 g/mol. The van der Waals surface area contributed by atoms with Crippen molar-refractivity contribution in [1.82, 2.24) is 5.32 Å². The van der Waals surface area contributed by atoms with Crippen molar-refractivity contribution in [3.63, 3.8) is 0 Å². The Bertz CT molecular complexity index is 560. The first-order chi connectivity index (χ1) is 8.78. The maximum Gasteiger partial charge on any atom is 0.270 e. The largest absolute Gasteiger partial charge is 0.313 e. The predicted octanol–water partition coefficient (Wildman–Crippen LogP) is 1.88. The fraction of sp³-hybridized carbons (Fsp3) is 0.455. The summed E-state index contributed by atoms with van der Waals surface area (Å²) in [5.74, 6) is 0.138. The zero-order chi connectivity index (χ0) is 14.5. The summed E-state index contributed by atoms with van der Waals surface area (Å²) in [4.78, 5) is 10.2. The molecule has 0 aliphatic carbocycles. The summed E-state index contributed by atoms with van der Waals surface area (Å²) in [6, 6.07) is 4.72. The van der Waals surface area contributed by atoms with E-state index in [-0.39, 0.29) is 11.4 Å². The van der Waals surface area contributed by atoms with Crippen molar-refractivity contribution >= 4 is 31.5 Å². The number of sulfone groups is 1. The molecule has 0 radical (unpaired) electrons. The lowest BCUT2D eigenvalue weighted by atomic mass is 10.2. The molecule has 0 bridgehead atoms. The van der Waals surface area contributed by atoms with Crippen molar-refractivity contribution in [3.8, 4) is 0 Å². The van der Waals surface area contributed by atoms with Gasteiger partial charge in [0.15, 0.2) is 0 Å². The molecule has 0 saturated heterocycles. The minimum Gasteiger partial charge on any atom is -0.313 e. The van der Waals surface area contributed by atoms with Gasteiger partial charge in [-0.05, 0) is 24.6 Å². The van der Waals surface area contributed by atoms with Gasteiger partial charge in [-0.25, -0.2) is 8.42 Å². The van der Waals surface area contributed by atoms with Crippen LogP contribution in [0.1, 0.15) is 12.0 Å². The Balaban J connectivity index is 2.47. The van der Waals surface area contributed by atoms with Crippen LogP contribution in [-0.2, 0) is 16.4 Å². The van der Waals surface area contributed by atoms with Crippen LogP contribution in [0.25, 0.3) is 0 Å². The molecule has 1 aromatic carbocycles. The van der Waals surface area contributed by atoms with Gasteiger partial charge in [-0.2, -0.15) is 0 Å². The summed E-state index contributed by atoms with van der Waals surface area (Å²) in [5.41, 5.74) is 0.808. The highest BCUT2D eigenvalue weighted by Gasteiger charge is 2.08. The van der Waals surface area contributed by atoms with Gasteiger partial charge in [0.05, 0.1) is 10.7 Å². The van der Waals surface area contributed by atoms with Gasteiger partial charge in [0, 0.05) is 29.4 Å². The van der Waals surface area contributed by atoms with Crippen LogP contribution in [0.15, 0.2) is 22.7 Å². The van der Waals surface area contributed by atoms with Crippen molar-refractivity contribution in [2.45, 2.75) is 13.0 Å². The van der Waals surface area contributed by atoms with E-state index in [1.807, 2.05) is 0 Å². The SMILES string of the molecule is CS(=O)(=O)CCCNCc1cc(Br)cc([N+](=O)[O-])c1. The number of rotatable bonds is 7. The number of benzene rings is 1. The normalized spacial score (nSPS) is 11.5. The third-order valence-corrected chi connectivity index (χ3v) is 3.84. The summed E-state index contributed by atoms with van der Waals surface area (Å²) >= 11 is 3.22. The van der Waals surface area contributed by atoms with Crippen LogP contribution in [0.4, 0.5) is 5.69 Å². The number of halogens is 1. The molecule has 0 aliphatic heterocycles. The van der Waals surface area contributed by atoms with E-state index < -0.39 is 14.8 Å². The Labute approximate surface area is 120 Å². The highest BCUT2D eigenvalue weighted by molar-refractivity contribution is 9.10. The molecule has 0 aliphatic rings. The van der Waals surface area contributed by atoms with Gasteiger partial charge in [-0.1, -0.05) is 15.9 Å². The first-order valence-electron chi connectivity index (χ1n) is 5.60. The van der Waals surface area contributed by atoms with E-state index in [4.69, 9.17) is 0 Å². The molecule has 0 spiro atoms. The molecule has 0 amide bonds. The minimum atomic E-state index is -2.93. The summed E-state index contributed by atoms with van der Waals surface area (Å²) in [6.07, 6.45) is 1.72. The first kappa shape index (κ1) is 16.1. The molecule has 106 valence electrons. The van der Waals surface area contributed by atoms with E-state index in [0.717, 1.165) is 5.56 Å². The number of nitrogens with zero attached hydrogens (tertiary/aromatic N) is 1. The number of nitro benzene ring substituents is 1. The summed E-state index contributed by atoms with van der Waals surface area (Å²) in [6.45, 7) is 1.01. The van der Waals surface area contributed by atoms with Gasteiger partial charge in [0.2, 0.25) is 0 Å². The fourth-order valence-electron chi connectivity index (χ4n) is 1.53. The van der Waals surface area contributed by atoms with Crippen molar-refractivity contribution in [3.05, 3.63) is 38.3 Å². The van der Waals surface area contributed by atoms with E-state index in [1.165, 1.54) is 18.4 Å². The second-order valence-electron chi connectivity index (χ2n) is 4.23. The maximum absolute atomic E-state index is 10.9.